The van der Waals surface area contributed by atoms with E-state index in [1.807, 2.05) is 0 Å². The number of nitrogens with zero attached hydrogens (tertiary/aromatic N) is 1. The quantitative estimate of drug-likeness (QED) is 0.156. The molecule has 0 unspecified atom stereocenters. The Morgan fingerprint density at radius 2 is 0.672 bits per heavy atom. The average Bonchev–Trinajstić information content (AvgIpc) is 3.69. The van der Waals surface area contributed by atoms with Gasteiger partial charge in [0.1, 0.15) is 0 Å². The molecule has 61 heavy (non-hydrogen) atoms. The van der Waals surface area contributed by atoms with E-state index in [4.69, 9.17) is 0 Å². The van der Waals surface area contributed by atoms with E-state index in [1.165, 1.54) is 89.0 Å². The van der Waals surface area contributed by atoms with Crippen LogP contribution in [0.5, 0.6) is 0 Å². The summed E-state index contributed by atoms with van der Waals surface area (Å²) in [5.41, 5.74) is 23.9. The zero-order valence-corrected chi connectivity index (χ0v) is 35.2. The van der Waals surface area contributed by atoms with Crippen molar-refractivity contribution in [3.63, 3.8) is 0 Å². The van der Waals surface area contributed by atoms with Crippen molar-refractivity contribution >= 4 is 17.1 Å². The van der Waals surface area contributed by atoms with Crippen molar-refractivity contribution in [3.8, 4) is 66.8 Å². The summed E-state index contributed by atoms with van der Waals surface area (Å²) in [6.07, 6.45) is 0. The lowest BCUT2D eigenvalue weighted by atomic mass is 9.78. The molecule has 11 rings (SSSR count). The number of fused-ring (bicyclic) bond motifs is 6. The molecule has 2 aliphatic rings. The fourth-order valence-electron chi connectivity index (χ4n) is 10.4. The van der Waals surface area contributed by atoms with Crippen LogP contribution in [-0.4, -0.2) is 0 Å². The zero-order valence-electron chi connectivity index (χ0n) is 35.2. The summed E-state index contributed by atoms with van der Waals surface area (Å²) in [6.45, 7) is 9.47. The van der Waals surface area contributed by atoms with Gasteiger partial charge >= 0.3 is 0 Å². The first kappa shape index (κ1) is 36.8. The standard InChI is InChI=1S/C60H47N/c1-59(2)54-22-11-8-17-48(54)50-38-33-45(39-56(50)59)44-31-36-47(37-32-44)61(46-34-29-43(30-35-46)42-27-25-41(26-28-42)40-15-6-5-7-16-40)57-24-13-10-19-51(57)53-21-14-20-52-49-18-9-12-23-55(49)60(3,4)58(52)53/h5-39H,1-4H3. The second-order valence-corrected chi connectivity index (χ2v) is 17.7. The molecule has 0 saturated heterocycles. The van der Waals surface area contributed by atoms with Crippen LogP contribution in [0.4, 0.5) is 17.1 Å². The minimum Gasteiger partial charge on any atom is -0.310 e. The number of hydrogen-bond acceptors (Lipinski definition) is 1. The SMILES string of the molecule is CC1(C)c2ccccc2-c2ccc(-c3ccc(N(c4ccc(-c5ccc(-c6ccccc6)cc5)cc4)c4ccccc4-c4cccc5c4C(C)(C)c4ccccc4-5)cc3)cc21. The highest BCUT2D eigenvalue weighted by Gasteiger charge is 2.38. The van der Waals surface area contributed by atoms with Gasteiger partial charge in [-0.15, -0.1) is 0 Å². The van der Waals surface area contributed by atoms with Gasteiger partial charge in [0.25, 0.3) is 0 Å². The van der Waals surface area contributed by atoms with Gasteiger partial charge in [-0.05, 0) is 120 Å². The maximum absolute atomic E-state index is 2.44. The molecule has 2 aliphatic carbocycles. The van der Waals surface area contributed by atoms with Gasteiger partial charge in [-0.25, -0.2) is 0 Å². The largest absolute Gasteiger partial charge is 0.310 e. The summed E-state index contributed by atoms with van der Waals surface area (Å²) in [7, 11) is 0. The van der Waals surface area contributed by atoms with Crippen LogP contribution < -0.4 is 4.90 Å². The van der Waals surface area contributed by atoms with Gasteiger partial charge in [0.15, 0.2) is 0 Å². The van der Waals surface area contributed by atoms with Crippen LogP contribution >= 0.6 is 0 Å². The fourth-order valence-corrected chi connectivity index (χ4v) is 10.4. The van der Waals surface area contributed by atoms with Gasteiger partial charge < -0.3 is 4.90 Å². The number of anilines is 3. The first-order valence-corrected chi connectivity index (χ1v) is 21.5. The van der Waals surface area contributed by atoms with E-state index < -0.39 is 0 Å². The summed E-state index contributed by atoms with van der Waals surface area (Å²) in [5, 5.41) is 0. The van der Waals surface area contributed by atoms with Crippen molar-refractivity contribution in [2.45, 2.75) is 38.5 Å². The lowest BCUT2D eigenvalue weighted by molar-refractivity contribution is 0.660. The normalized spacial score (nSPS) is 13.8. The Labute approximate surface area is 360 Å². The van der Waals surface area contributed by atoms with Crippen molar-refractivity contribution in [2.24, 2.45) is 0 Å². The van der Waals surface area contributed by atoms with E-state index in [0.29, 0.717) is 0 Å². The molecule has 0 radical (unpaired) electrons. The Bertz CT molecular complexity index is 3100. The molecule has 0 heterocycles. The predicted octanol–water partition coefficient (Wildman–Crippen LogP) is 16.4. The Morgan fingerprint density at radius 1 is 0.279 bits per heavy atom. The van der Waals surface area contributed by atoms with Gasteiger partial charge in [0.05, 0.1) is 5.69 Å². The molecule has 0 aliphatic heterocycles. The summed E-state index contributed by atoms with van der Waals surface area (Å²) in [5.74, 6) is 0. The maximum atomic E-state index is 2.44. The molecule has 0 bridgehead atoms. The number of benzene rings is 9. The molecule has 1 heteroatoms. The van der Waals surface area contributed by atoms with Crippen LogP contribution in [0.2, 0.25) is 0 Å². The first-order chi connectivity index (χ1) is 29.8. The van der Waals surface area contributed by atoms with Crippen LogP contribution in [0, 0.1) is 0 Å². The van der Waals surface area contributed by atoms with E-state index >= 15 is 0 Å². The van der Waals surface area contributed by atoms with Crippen LogP contribution in [0.1, 0.15) is 49.9 Å². The first-order valence-electron chi connectivity index (χ1n) is 21.5. The fraction of sp³-hybridized carbons (Fsp3) is 0.100. The highest BCUT2D eigenvalue weighted by molar-refractivity contribution is 5.95. The second-order valence-electron chi connectivity index (χ2n) is 17.7. The van der Waals surface area contributed by atoms with Gasteiger partial charge in [0.2, 0.25) is 0 Å². The van der Waals surface area contributed by atoms with E-state index in [0.717, 1.165) is 17.1 Å². The smallest absolute Gasteiger partial charge is 0.0540 e. The molecule has 0 saturated carbocycles. The molecular formula is C60H47N. The molecule has 9 aromatic rings. The molecule has 0 spiro atoms. The molecule has 9 aromatic carbocycles. The van der Waals surface area contributed by atoms with Crippen LogP contribution in [0.3, 0.4) is 0 Å². The molecular weight excluding hydrogens is 735 g/mol. The van der Waals surface area contributed by atoms with Gasteiger partial charge in [-0.1, -0.05) is 204 Å². The molecule has 1 nitrogen and oxygen atoms in total. The Hall–Kier alpha value is -7.22. The average molecular weight is 782 g/mol. The summed E-state index contributed by atoms with van der Waals surface area (Å²) < 4.78 is 0. The molecule has 0 amide bonds. The Kier molecular flexibility index (Phi) is 8.58. The number of para-hydroxylation sites is 1. The number of rotatable bonds is 7. The van der Waals surface area contributed by atoms with Crippen molar-refractivity contribution in [1.29, 1.82) is 0 Å². The molecule has 0 N–H and O–H groups in total. The van der Waals surface area contributed by atoms with E-state index in [-0.39, 0.29) is 10.8 Å². The summed E-state index contributed by atoms with van der Waals surface area (Å²) in [4.78, 5) is 2.44. The highest BCUT2D eigenvalue weighted by Crippen LogP contribution is 2.54. The molecule has 292 valence electrons. The van der Waals surface area contributed by atoms with Gasteiger partial charge in [0, 0.05) is 27.8 Å². The monoisotopic (exact) mass is 781 g/mol. The lowest BCUT2D eigenvalue weighted by Crippen LogP contribution is -2.17. The second kappa shape index (κ2) is 14.2. The third kappa shape index (κ3) is 5.99. The van der Waals surface area contributed by atoms with Crippen molar-refractivity contribution in [2.75, 3.05) is 4.90 Å². The van der Waals surface area contributed by atoms with Crippen molar-refractivity contribution < 1.29 is 0 Å². The van der Waals surface area contributed by atoms with E-state index in [9.17, 15) is 0 Å². The summed E-state index contributed by atoms with van der Waals surface area (Å²) >= 11 is 0. The minimum absolute atomic E-state index is 0.0496. The third-order valence-electron chi connectivity index (χ3n) is 13.5. The highest BCUT2D eigenvalue weighted by atomic mass is 15.1. The zero-order chi connectivity index (χ0) is 41.3. The predicted molar refractivity (Wildman–Crippen MR) is 258 cm³/mol. The number of hydrogen-bond donors (Lipinski definition) is 0. The van der Waals surface area contributed by atoms with Crippen LogP contribution in [-0.2, 0) is 10.8 Å². The van der Waals surface area contributed by atoms with Gasteiger partial charge in [-0.3, -0.25) is 0 Å². The van der Waals surface area contributed by atoms with Crippen molar-refractivity contribution in [1.82, 2.24) is 0 Å². The van der Waals surface area contributed by atoms with Gasteiger partial charge in [-0.2, -0.15) is 0 Å². The summed E-state index contributed by atoms with van der Waals surface area (Å²) in [6, 6.07) is 78.4. The maximum Gasteiger partial charge on any atom is 0.0540 e. The molecule has 0 fully saturated rings. The Morgan fingerprint density at radius 3 is 1.28 bits per heavy atom. The Balaban J connectivity index is 1.01. The van der Waals surface area contributed by atoms with Crippen molar-refractivity contribution in [3.05, 3.63) is 235 Å². The minimum atomic E-state index is -0.147. The molecule has 0 aromatic heterocycles. The third-order valence-corrected chi connectivity index (χ3v) is 13.5. The van der Waals surface area contributed by atoms with Crippen LogP contribution in [0.15, 0.2) is 212 Å². The van der Waals surface area contributed by atoms with E-state index in [2.05, 4.69) is 245 Å². The van der Waals surface area contributed by atoms with E-state index in [1.54, 1.807) is 0 Å². The topological polar surface area (TPSA) is 3.24 Å². The molecule has 0 atom stereocenters. The van der Waals surface area contributed by atoms with Crippen LogP contribution in [0.25, 0.3) is 66.8 Å². The lowest BCUT2D eigenvalue weighted by Gasteiger charge is -2.30.